The molecule has 1 aromatic heterocycles. The van der Waals surface area contributed by atoms with E-state index in [4.69, 9.17) is 16.3 Å². The summed E-state index contributed by atoms with van der Waals surface area (Å²) < 4.78 is 5.26. The molecule has 1 aliphatic rings. The fourth-order valence-corrected chi connectivity index (χ4v) is 2.35. The highest BCUT2D eigenvalue weighted by Gasteiger charge is 2.23. The minimum absolute atomic E-state index is 0.155. The van der Waals surface area contributed by atoms with Gasteiger partial charge in [0, 0.05) is 18.6 Å². The Morgan fingerprint density at radius 1 is 1.42 bits per heavy atom. The minimum Gasteiger partial charge on any atom is -0.464 e. The van der Waals surface area contributed by atoms with Crippen molar-refractivity contribution in [2.24, 2.45) is 0 Å². The fourth-order valence-electron chi connectivity index (χ4n) is 2.19. The molecule has 6 nitrogen and oxygen atoms in total. The van der Waals surface area contributed by atoms with Crippen molar-refractivity contribution >= 4 is 17.5 Å². The van der Waals surface area contributed by atoms with E-state index in [1.54, 1.807) is 0 Å². The number of nitrogens with zero attached hydrogens (tertiary/aromatic N) is 4. The lowest BCUT2D eigenvalue weighted by Gasteiger charge is -2.35. The Balaban J connectivity index is 2.02. The SMILES string of the molecule is CCOc1nc(Cl)nc(NC2CCN(C)C(C)C2)n1. The second-order valence-corrected chi connectivity index (χ2v) is 5.18. The van der Waals surface area contributed by atoms with Gasteiger partial charge in [-0.15, -0.1) is 0 Å². The summed E-state index contributed by atoms with van der Waals surface area (Å²) in [6, 6.07) is 1.18. The number of likely N-dealkylation sites (tertiary alicyclic amines) is 1. The Morgan fingerprint density at radius 2 is 2.21 bits per heavy atom. The molecule has 1 saturated heterocycles. The van der Waals surface area contributed by atoms with E-state index in [1.165, 1.54) is 0 Å². The third-order valence-corrected chi connectivity index (χ3v) is 3.57. The van der Waals surface area contributed by atoms with Gasteiger partial charge in [0.2, 0.25) is 11.2 Å². The first-order valence-electron chi connectivity index (χ1n) is 6.59. The van der Waals surface area contributed by atoms with E-state index < -0.39 is 0 Å². The summed E-state index contributed by atoms with van der Waals surface area (Å²) in [6.07, 6.45) is 2.12. The first-order valence-corrected chi connectivity index (χ1v) is 6.97. The normalized spacial score (nSPS) is 24.2. The molecule has 2 heterocycles. The quantitative estimate of drug-likeness (QED) is 0.910. The zero-order chi connectivity index (χ0) is 13.8. The molecule has 0 bridgehead atoms. The second kappa shape index (κ2) is 6.34. The first kappa shape index (κ1) is 14.3. The number of nitrogens with one attached hydrogen (secondary N) is 1. The molecule has 0 aromatic carbocycles. The lowest BCUT2D eigenvalue weighted by Crippen LogP contribution is -2.42. The molecule has 2 atom stereocenters. The maximum Gasteiger partial charge on any atom is 0.322 e. The highest BCUT2D eigenvalue weighted by Crippen LogP contribution is 2.19. The van der Waals surface area contributed by atoms with Gasteiger partial charge in [0.25, 0.3) is 0 Å². The predicted molar refractivity (Wildman–Crippen MR) is 74.7 cm³/mol. The van der Waals surface area contributed by atoms with Crippen LogP contribution in [0.25, 0.3) is 0 Å². The van der Waals surface area contributed by atoms with Crippen LogP contribution in [0.2, 0.25) is 5.28 Å². The molecule has 19 heavy (non-hydrogen) atoms. The minimum atomic E-state index is 0.155. The van der Waals surface area contributed by atoms with Gasteiger partial charge in [-0.1, -0.05) is 0 Å². The average molecular weight is 286 g/mol. The van der Waals surface area contributed by atoms with Crippen molar-refractivity contribution in [3.8, 4) is 6.01 Å². The predicted octanol–water partition coefficient (Wildman–Crippen LogP) is 1.82. The Morgan fingerprint density at radius 3 is 2.89 bits per heavy atom. The van der Waals surface area contributed by atoms with Gasteiger partial charge >= 0.3 is 6.01 Å². The van der Waals surface area contributed by atoms with Crippen molar-refractivity contribution in [3.05, 3.63) is 5.28 Å². The molecule has 1 fully saturated rings. The van der Waals surface area contributed by atoms with Gasteiger partial charge in [-0.05, 0) is 45.3 Å². The van der Waals surface area contributed by atoms with Crippen LogP contribution < -0.4 is 10.1 Å². The number of aromatic nitrogens is 3. The highest BCUT2D eigenvalue weighted by atomic mass is 35.5. The van der Waals surface area contributed by atoms with E-state index in [9.17, 15) is 0 Å². The van der Waals surface area contributed by atoms with Crippen molar-refractivity contribution in [2.75, 3.05) is 25.5 Å². The third kappa shape index (κ3) is 3.91. The van der Waals surface area contributed by atoms with E-state index in [2.05, 4.69) is 39.1 Å². The maximum absolute atomic E-state index is 5.86. The molecule has 2 unspecified atom stereocenters. The Labute approximate surface area is 118 Å². The van der Waals surface area contributed by atoms with Crippen molar-refractivity contribution in [1.82, 2.24) is 19.9 Å². The number of hydrogen-bond acceptors (Lipinski definition) is 6. The third-order valence-electron chi connectivity index (χ3n) is 3.40. The van der Waals surface area contributed by atoms with Crippen LogP contribution in [0.4, 0.5) is 5.95 Å². The average Bonchev–Trinajstić information content (AvgIpc) is 2.33. The fraction of sp³-hybridized carbons (Fsp3) is 0.750. The van der Waals surface area contributed by atoms with Crippen LogP contribution in [-0.4, -0.2) is 52.1 Å². The standard InChI is InChI=1S/C12H20ClN5O/c1-4-19-12-16-10(13)15-11(17-12)14-9-5-6-18(3)8(2)7-9/h8-9H,4-7H2,1-3H3,(H,14,15,16,17). The maximum atomic E-state index is 5.86. The zero-order valence-electron chi connectivity index (χ0n) is 11.6. The van der Waals surface area contributed by atoms with Crippen LogP contribution in [0.5, 0.6) is 6.01 Å². The van der Waals surface area contributed by atoms with E-state index in [0.717, 1.165) is 19.4 Å². The number of anilines is 1. The number of halogens is 1. The van der Waals surface area contributed by atoms with Gasteiger partial charge in [0.05, 0.1) is 6.61 Å². The lowest BCUT2D eigenvalue weighted by atomic mass is 9.99. The summed E-state index contributed by atoms with van der Waals surface area (Å²) in [6.45, 7) is 5.67. The summed E-state index contributed by atoms with van der Waals surface area (Å²) in [4.78, 5) is 14.6. The van der Waals surface area contributed by atoms with Gasteiger partial charge < -0.3 is 15.0 Å². The summed E-state index contributed by atoms with van der Waals surface area (Å²) in [5.41, 5.74) is 0. The summed E-state index contributed by atoms with van der Waals surface area (Å²) in [5.74, 6) is 0.491. The van der Waals surface area contributed by atoms with Gasteiger partial charge in [-0.25, -0.2) is 0 Å². The molecule has 7 heteroatoms. The Bertz CT molecular complexity index is 431. The van der Waals surface area contributed by atoms with Crippen molar-refractivity contribution in [2.45, 2.75) is 38.8 Å². The number of ether oxygens (including phenoxy) is 1. The lowest BCUT2D eigenvalue weighted by molar-refractivity contribution is 0.189. The first-order chi connectivity index (χ1) is 9.08. The van der Waals surface area contributed by atoms with Gasteiger partial charge in [-0.2, -0.15) is 15.0 Å². The summed E-state index contributed by atoms with van der Waals surface area (Å²) in [7, 11) is 2.15. The van der Waals surface area contributed by atoms with Gasteiger partial charge in [0.15, 0.2) is 0 Å². The van der Waals surface area contributed by atoms with Crippen LogP contribution in [0.3, 0.4) is 0 Å². The van der Waals surface area contributed by atoms with Crippen molar-refractivity contribution in [3.63, 3.8) is 0 Å². The monoisotopic (exact) mass is 285 g/mol. The van der Waals surface area contributed by atoms with Gasteiger partial charge in [-0.3, -0.25) is 0 Å². The molecule has 0 spiro atoms. The van der Waals surface area contributed by atoms with Crippen LogP contribution in [0, 0.1) is 0 Å². The smallest absolute Gasteiger partial charge is 0.322 e. The topological polar surface area (TPSA) is 63.2 Å². The second-order valence-electron chi connectivity index (χ2n) is 4.84. The molecule has 2 rings (SSSR count). The summed E-state index contributed by atoms with van der Waals surface area (Å²) in [5, 5.41) is 3.47. The van der Waals surface area contributed by atoms with Crippen molar-refractivity contribution in [1.29, 1.82) is 0 Å². The molecule has 1 N–H and O–H groups in total. The zero-order valence-corrected chi connectivity index (χ0v) is 12.3. The van der Waals surface area contributed by atoms with Crippen LogP contribution >= 0.6 is 11.6 Å². The van der Waals surface area contributed by atoms with E-state index in [0.29, 0.717) is 24.6 Å². The molecule has 0 radical (unpaired) electrons. The summed E-state index contributed by atoms with van der Waals surface area (Å²) >= 11 is 5.86. The molecule has 1 aliphatic heterocycles. The Kier molecular flexibility index (Phi) is 4.76. The number of hydrogen-bond donors (Lipinski definition) is 1. The Hall–Kier alpha value is -1.14. The van der Waals surface area contributed by atoms with Crippen molar-refractivity contribution < 1.29 is 4.74 Å². The van der Waals surface area contributed by atoms with Crippen LogP contribution in [0.1, 0.15) is 26.7 Å². The highest BCUT2D eigenvalue weighted by molar-refractivity contribution is 6.28. The van der Waals surface area contributed by atoms with E-state index >= 15 is 0 Å². The largest absolute Gasteiger partial charge is 0.464 e. The van der Waals surface area contributed by atoms with E-state index in [1.807, 2.05) is 6.92 Å². The number of rotatable bonds is 4. The number of piperidine rings is 1. The molecule has 0 saturated carbocycles. The molecular weight excluding hydrogens is 266 g/mol. The van der Waals surface area contributed by atoms with Crippen LogP contribution in [-0.2, 0) is 0 Å². The molecule has 0 aliphatic carbocycles. The van der Waals surface area contributed by atoms with Gasteiger partial charge in [0.1, 0.15) is 0 Å². The van der Waals surface area contributed by atoms with E-state index in [-0.39, 0.29) is 11.3 Å². The molecule has 106 valence electrons. The molecular formula is C12H20ClN5O. The molecule has 0 amide bonds. The van der Waals surface area contributed by atoms with Crippen LogP contribution in [0.15, 0.2) is 0 Å². The molecule has 1 aromatic rings.